The van der Waals surface area contributed by atoms with Crippen LogP contribution in [0.5, 0.6) is 0 Å². The monoisotopic (exact) mass is 565 g/mol. The minimum atomic E-state index is -0.858. The molecule has 0 spiro atoms. The first-order valence-electron chi connectivity index (χ1n) is 14.6. The number of Topliss-reactive ketones (excluding diaryl/α,β-unsaturated/α-hetero) is 1. The van der Waals surface area contributed by atoms with E-state index in [0.717, 1.165) is 22.3 Å². The van der Waals surface area contributed by atoms with Gasteiger partial charge in [-0.25, -0.2) is 0 Å². The van der Waals surface area contributed by atoms with Gasteiger partial charge in [0.05, 0.1) is 19.0 Å². The molecule has 0 radical (unpaired) electrons. The number of hydrogen-bond donors (Lipinski definition) is 1. The molecule has 2 aliphatic rings. The average Bonchev–Trinajstić information content (AvgIpc) is 3.55. The van der Waals surface area contributed by atoms with Crippen molar-refractivity contribution in [2.24, 2.45) is 0 Å². The number of amides is 3. The lowest BCUT2D eigenvalue weighted by Gasteiger charge is -2.28. The van der Waals surface area contributed by atoms with E-state index in [2.05, 4.69) is 26.1 Å². The number of nitrogens with one attached hydrogen (secondary N) is 1. The Morgan fingerprint density at radius 2 is 1.55 bits per heavy atom. The number of ketones is 1. The Balaban J connectivity index is 1.34. The average molecular weight is 566 g/mol. The summed E-state index contributed by atoms with van der Waals surface area (Å²) in [7, 11) is 0. The summed E-state index contributed by atoms with van der Waals surface area (Å²) in [6.45, 7) is 8.69. The van der Waals surface area contributed by atoms with Crippen LogP contribution in [0.2, 0.25) is 0 Å². The van der Waals surface area contributed by atoms with Gasteiger partial charge in [0.25, 0.3) is 5.91 Å². The predicted molar refractivity (Wildman–Crippen MR) is 162 cm³/mol. The molecular weight excluding hydrogens is 526 g/mol. The van der Waals surface area contributed by atoms with Crippen molar-refractivity contribution in [3.05, 3.63) is 107 Å². The molecule has 7 heteroatoms. The van der Waals surface area contributed by atoms with E-state index in [1.54, 1.807) is 21.9 Å². The fourth-order valence-electron chi connectivity index (χ4n) is 5.99. The number of fused-ring (bicyclic) bond motifs is 1. The normalized spacial score (nSPS) is 19.0. The summed E-state index contributed by atoms with van der Waals surface area (Å²) in [4.78, 5) is 57.1. The van der Waals surface area contributed by atoms with Gasteiger partial charge in [0.15, 0.2) is 5.78 Å². The molecule has 2 heterocycles. The third-order valence-electron chi connectivity index (χ3n) is 8.40. The molecule has 0 aliphatic carbocycles. The Bertz CT molecular complexity index is 1460. The number of hydrogen-bond acceptors (Lipinski definition) is 4. The highest BCUT2D eigenvalue weighted by Crippen LogP contribution is 2.31. The highest BCUT2D eigenvalue weighted by atomic mass is 16.2. The van der Waals surface area contributed by atoms with E-state index in [1.807, 2.05) is 73.7 Å². The standard InChI is InChI=1S/C35H39N3O4/c1-23-10-12-25(13-11-23)20-28(36-33(41)26-14-16-27(17-15-26)35(2,3)4)34(42)37-19-18-29-32(37)30(39)22-38(29)31(40)21-24-8-6-5-7-9-24/h5-17,28-29,32H,18-22H2,1-4H3,(H,36,41). The number of carbonyl (C=O) groups excluding carboxylic acids is 4. The van der Waals surface area contributed by atoms with Crippen LogP contribution in [0, 0.1) is 6.92 Å². The van der Waals surface area contributed by atoms with Crippen molar-refractivity contribution < 1.29 is 19.2 Å². The fraction of sp³-hybridized carbons (Fsp3) is 0.371. The summed E-state index contributed by atoms with van der Waals surface area (Å²) in [5, 5.41) is 2.97. The van der Waals surface area contributed by atoms with Gasteiger partial charge in [-0.05, 0) is 47.6 Å². The van der Waals surface area contributed by atoms with Crippen LogP contribution in [0.1, 0.15) is 59.8 Å². The van der Waals surface area contributed by atoms with Crippen molar-refractivity contribution in [2.45, 2.75) is 70.5 Å². The Labute approximate surface area is 247 Å². The van der Waals surface area contributed by atoms with Crippen molar-refractivity contribution in [1.29, 1.82) is 0 Å². The summed E-state index contributed by atoms with van der Waals surface area (Å²) in [5.41, 5.74) is 4.44. The summed E-state index contributed by atoms with van der Waals surface area (Å²) < 4.78 is 0. The molecule has 2 fully saturated rings. The van der Waals surface area contributed by atoms with Crippen LogP contribution in [0.15, 0.2) is 78.9 Å². The van der Waals surface area contributed by atoms with Gasteiger partial charge in [0, 0.05) is 18.5 Å². The molecule has 42 heavy (non-hydrogen) atoms. The highest BCUT2D eigenvalue weighted by Gasteiger charge is 2.52. The van der Waals surface area contributed by atoms with E-state index < -0.39 is 12.1 Å². The first-order chi connectivity index (χ1) is 20.0. The van der Waals surface area contributed by atoms with Crippen LogP contribution < -0.4 is 5.32 Å². The molecule has 0 aromatic heterocycles. The molecule has 3 unspecified atom stereocenters. The summed E-state index contributed by atoms with van der Waals surface area (Å²) in [5.74, 6) is -0.882. The lowest BCUT2D eigenvalue weighted by Crippen LogP contribution is -2.53. The summed E-state index contributed by atoms with van der Waals surface area (Å²) >= 11 is 0. The zero-order chi connectivity index (χ0) is 30.0. The van der Waals surface area contributed by atoms with Gasteiger partial charge >= 0.3 is 0 Å². The van der Waals surface area contributed by atoms with Crippen molar-refractivity contribution in [3.63, 3.8) is 0 Å². The molecule has 3 amide bonds. The van der Waals surface area contributed by atoms with E-state index in [1.165, 1.54) is 0 Å². The Morgan fingerprint density at radius 3 is 2.19 bits per heavy atom. The van der Waals surface area contributed by atoms with E-state index in [9.17, 15) is 19.2 Å². The first kappa shape index (κ1) is 29.2. The zero-order valence-corrected chi connectivity index (χ0v) is 24.8. The third kappa shape index (κ3) is 6.30. The number of benzene rings is 3. The first-order valence-corrected chi connectivity index (χ1v) is 14.6. The fourth-order valence-corrected chi connectivity index (χ4v) is 5.99. The number of likely N-dealkylation sites (tertiary alicyclic amines) is 2. The van der Waals surface area contributed by atoms with Crippen molar-refractivity contribution >= 4 is 23.5 Å². The molecule has 3 aromatic carbocycles. The van der Waals surface area contributed by atoms with E-state index in [4.69, 9.17) is 0 Å². The summed E-state index contributed by atoms with van der Waals surface area (Å²) in [6, 6.07) is 22.9. The summed E-state index contributed by atoms with van der Waals surface area (Å²) in [6.07, 6.45) is 1.04. The maximum atomic E-state index is 14.1. The minimum absolute atomic E-state index is 0.000105. The number of carbonyl (C=O) groups is 4. The van der Waals surface area contributed by atoms with Crippen LogP contribution >= 0.6 is 0 Å². The van der Waals surface area contributed by atoms with Crippen LogP contribution in [-0.2, 0) is 32.6 Å². The van der Waals surface area contributed by atoms with Crippen LogP contribution in [0.25, 0.3) is 0 Å². The Kier molecular flexibility index (Phi) is 8.30. The van der Waals surface area contributed by atoms with Gasteiger partial charge in [-0.3, -0.25) is 19.2 Å². The van der Waals surface area contributed by atoms with Gasteiger partial charge in [-0.1, -0.05) is 93.1 Å². The smallest absolute Gasteiger partial charge is 0.251 e. The topological polar surface area (TPSA) is 86.8 Å². The number of rotatable bonds is 7. The molecular formula is C35H39N3O4. The highest BCUT2D eigenvalue weighted by molar-refractivity contribution is 6.01. The van der Waals surface area contributed by atoms with Crippen molar-refractivity contribution in [3.8, 4) is 0 Å². The quantitative estimate of drug-likeness (QED) is 0.464. The van der Waals surface area contributed by atoms with Gasteiger partial charge in [-0.2, -0.15) is 0 Å². The van der Waals surface area contributed by atoms with Crippen LogP contribution in [-0.4, -0.2) is 64.5 Å². The second kappa shape index (κ2) is 11.9. The van der Waals surface area contributed by atoms with Crippen molar-refractivity contribution in [1.82, 2.24) is 15.1 Å². The Morgan fingerprint density at radius 1 is 0.881 bits per heavy atom. The number of nitrogens with zero attached hydrogens (tertiary/aromatic N) is 2. The molecule has 2 aliphatic heterocycles. The van der Waals surface area contributed by atoms with Crippen LogP contribution in [0.3, 0.4) is 0 Å². The SMILES string of the molecule is Cc1ccc(CC(NC(=O)c2ccc(C(C)(C)C)cc2)C(=O)N2CCC3C2C(=O)CN3C(=O)Cc2ccccc2)cc1. The molecule has 1 N–H and O–H groups in total. The van der Waals surface area contributed by atoms with Gasteiger partial charge in [0.1, 0.15) is 12.1 Å². The van der Waals surface area contributed by atoms with E-state index in [-0.39, 0.29) is 47.9 Å². The maximum absolute atomic E-state index is 14.1. The second-order valence-corrected chi connectivity index (χ2v) is 12.5. The van der Waals surface area contributed by atoms with E-state index in [0.29, 0.717) is 24.9 Å². The molecule has 7 nitrogen and oxygen atoms in total. The third-order valence-corrected chi connectivity index (χ3v) is 8.40. The molecule has 5 rings (SSSR count). The lowest BCUT2D eigenvalue weighted by atomic mass is 9.86. The maximum Gasteiger partial charge on any atom is 0.251 e. The predicted octanol–water partition coefficient (Wildman–Crippen LogP) is 4.26. The zero-order valence-electron chi connectivity index (χ0n) is 24.8. The molecule has 0 bridgehead atoms. The number of aryl methyl sites for hydroxylation is 1. The molecule has 0 saturated carbocycles. The lowest BCUT2D eigenvalue weighted by molar-refractivity contribution is -0.138. The van der Waals surface area contributed by atoms with Crippen LogP contribution in [0.4, 0.5) is 0 Å². The molecule has 3 atom stereocenters. The second-order valence-electron chi connectivity index (χ2n) is 12.5. The van der Waals surface area contributed by atoms with Crippen molar-refractivity contribution in [2.75, 3.05) is 13.1 Å². The van der Waals surface area contributed by atoms with Gasteiger partial charge < -0.3 is 15.1 Å². The van der Waals surface area contributed by atoms with Gasteiger partial charge in [-0.15, -0.1) is 0 Å². The minimum Gasteiger partial charge on any atom is -0.340 e. The molecule has 3 aromatic rings. The Hall–Kier alpha value is -4.26. The molecule has 218 valence electrons. The molecule has 2 saturated heterocycles. The van der Waals surface area contributed by atoms with E-state index >= 15 is 0 Å². The van der Waals surface area contributed by atoms with Gasteiger partial charge in [0.2, 0.25) is 11.8 Å². The largest absolute Gasteiger partial charge is 0.340 e.